The molecule has 2 rings (SSSR count). The molecule has 0 bridgehead atoms. The standard InChI is InChI=1S/C14H16N2O2/c1-10(2)18-12-6-4-11(5-7-12)13(17)14-15-8-3-9-16-14/h3-10,13,17H,1-2H3. The molecule has 1 atom stereocenters. The fourth-order valence-electron chi connectivity index (χ4n) is 1.60. The second-order valence-corrected chi connectivity index (χ2v) is 4.25. The number of aliphatic hydroxyl groups excluding tert-OH is 1. The number of benzene rings is 1. The summed E-state index contributed by atoms with van der Waals surface area (Å²) in [5.74, 6) is 1.19. The molecular formula is C14H16N2O2. The van der Waals surface area contributed by atoms with Crippen molar-refractivity contribution in [3.05, 3.63) is 54.1 Å². The van der Waals surface area contributed by atoms with Crippen molar-refractivity contribution < 1.29 is 9.84 Å². The van der Waals surface area contributed by atoms with Crippen LogP contribution < -0.4 is 4.74 Å². The first-order chi connectivity index (χ1) is 8.66. The van der Waals surface area contributed by atoms with E-state index in [-0.39, 0.29) is 6.10 Å². The van der Waals surface area contributed by atoms with Gasteiger partial charge in [0.05, 0.1) is 6.10 Å². The summed E-state index contributed by atoms with van der Waals surface area (Å²) in [5, 5.41) is 10.1. The van der Waals surface area contributed by atoms with Crippen LogP contribution in [0, 0.1) is 0 Å². The molecule has 1 unspecified atom stereocenters. The average molecular weight is 244 g/mol. The second kappa shape index (κ2) is 5.60. The molecule has 1 aromatic heterocycles. The topological polar surface area (TPSA) is 55.2 Å². The highest BCUT2D eigenvalue weighted by molar-refractivity contribution is 5.30. The van der Waals surface area contributed by atoms with Gasteiger partial charge in [0.2, 0.25) is 0 Å². The van der Waals surface area contributed by atoms with Gasteiger partial charge in [0.25, 0.3) is 0 Å². The van der Waals surface area contributed by atoms with E-state index in [1.807, 2.05) is 38.1 Å². The maximum atomic E-state index is 10.1. The quantitative estimate of drug-likeness (QED) is 0.897. The number of aliphatic hydroxyl groups is 1. The summed E-state index contributed by atoms with van der Waals surface area (Å²) < 4.78 is 5.54. The molecule has 1 heterocycles. The van der Waals surface area contributed by atoms with Crippen molar-refractivity contribution in [1.29, 1.82) is 0 Å². The van der Waals surface area contributed by atoms with E-state index >= 15 is 0 Å². The van der Waals surface area contributed by atoms with Crippen molar-refractivity contribution in [2.24, 2.45) is 0 Å². The molecule has 0 radical (unpaired) electrons. The molecule has 4 heteroatoms. The molecule has 4 nitrogen and oxygen atoms in total. The molecule has 18 heavy (non-hydrogen) atoms. The number of rotatable bonds is 4. The molecule has 0 saturated heterocycles. The molecule has 0 spiro atoms. The number of aromatic nitrogens is 2. The van der Waals surface area contributed by atoms with E-state index in [4.69, 9.17) is 4.74 Å². The van der Waals surface area contributed by atoms with Crippen LogP contribution in [-0.4, -0.2) is 21.2 Å². The zero-order valence-corrected chi connectivity index (χ0v) is 10.4. The average Bonchev–Trinajstić information content (AvgIpc) is 2.39. The van der Waals surface area contributed by atoms with E-state index in [0.717, 1.165) is 11.3 Å². The van der Waals surface area contributed by atoms with Gasteiger partial charge in [0.1, 0.15) is 11.9 Å². The zero-order chi connectivity index (χ0) is 13.0. The van der Waals surface area contributed by atoms with Crippen LogP contribution in [0.4, 0.5) is 0 Å². The van der Waals surface area contributed by atoms with Crippen LogP contribution in [0.1, 0.15) is 31.3 Å². The highest BCUT2D eigenvalue weighted by Gasteiger charge is 2.12. The first kappa shape index (κ1) is 12.5. The minimum Gasteiger partial charge on any atom is -0.491 e. The molecule has 0 aliphatic heterocycles. The van der Waals surface area contributed by atoms with Gasteiger partial charge < -0.3 is 9.84 Å². The molecule has 1 N–H and O–H groups in total. The summed E-state index contributed by atoms with van der Waals surface area (Å²) in [5.41, 5.74) is 0.748. The van der Waals surface area contributed by atoms with Crippen molar-refractivity contribution in [2.45, 2.75) is 26.1 Å². The fraction of sp³-hybridized carbons (Fsp3) is 0.286. The van der Waals surface area contributed by atoms with Crippen molar-refractivity contribution >= 4 is 0 Å². The van der Waals surface area contributed by atoms with Crippen LogP contribution in [0.3, 0.4) is 0 Å². The first-order valence-corrected chi connectivity index (χ1v) is 5.88. The van der Waals surface area contributed by atoms with Crippen molar-refractivity contribution in [3.63, 3.8) is 0 Å². The number of ether oxygens (including phenoxy) is 1. The highest BCUT2D eigenvalue weighted by Crippen LogP contribution is 2.21. The van der Waals surface area contributed by atoms with Gasteiger partial charge in [-0.1, -0.05) is 12.1 Å². The Bertz CT molecular complexity index is 483. The second-order valence-electron chi connectivity index (χ2n) is 4.25. The number of nitrogens with zero attached hydrogens (tertiary/aromatic N) is 2. The van der Waals surface area contributed by atoms with Gasteiger partial charge >= 0.3 is 0 Å². The van der Waals surface area contributed by atoms with Gasteiger partial charge in [-0.05, 0) is 37.6 Å². The van der Waals surface area contributed by atoms with Gasteiger partial charge in [0, 0.05) is 12.4 Å². The Morgan fingerprint density at radius 3 is 2.22 bits per heavy atom. The Morgan fingerprint density at radius 1 is 1.06 bits per heavy atom. The van der Waals surface area contributed by atoms with E-state index < -0.39 is 6.10 Å². The third-order valence-electron chi connectivity index (χ3n) is 2.40. The molecule has 0 aliphatic rings. The van der Waals surface area contributed by atoms with Crippen LogP contribution in [-0.2, 0) is 0 Å². The summed E-state index contributed by atoms with van der Waals surface area (Å²) >= 11 is 0. The van der Waals surface area contributed by atoms with Crippen LogP contribution in [0.2, 0.25) is 0 Å². The highest BCUT2D eigenvalue weighted by atomic mass is 16.5. The van der Waals surface area contributed by atoms with Crippen molar-refractivity contribution in [3.8, 4) is 5.75 Å². The van der Waals surface area contributed by atoms with E-state index in [1.165, 1.54) is 0 Å². The number of hydrogen-bond acceptors (Lipinski definition) is 4. The molecule has 0 aliphatic carbocycles. The largest absolute Gasteiger partial charge is 0.491 e. The Balaban J connectivity index is 2.14. The Kier molecular flexibility index (Phi) is 3.89. The van der Waals surface area contributed by atoms with Crippen molar-refractivity contribution in [2.75, 3.05) is 0 Å². The molecule has 0 saturated carbocycles. The first-order valence-electron chi connectivity index (χ1n) is 5.88. The molecular weight excluding hydrogens is 228 g/mol. The fourth-order valence-corrected chi connectivity index (χ4v) is 1.60. The summed E-state index contributed by atoms with van der Waals surface area (Å²) in [6.45, 7) is 3.95. The Labute approximate surface area is 106 Å². The molecule has 94 valence electrons. The van der Waals surface area contributed by atoms with Crippen LogP contribution in [0.25, 0.3) is 0 Å². The van der Waals surface area contributed by atoms with E-state index in [0.29, 0.717) is 5.82 Å². The third-order valence-corrected chi connectivity index (χ3v) is 2.40. The van der Waals surface area contributed by atoms with Crippen LogP contribution in [0.5, 0.6) is 5.75 Å². The molecule has 0 fully saturated rings. The predicted molar refractivity (Wildman–Crippen MR) is 68.3 cm³/mol. The van der Waals surface area contributed by atoms with Gasteiger partial charge in [-0.3, -0.25) is 0 Å². The normalized spacial score (nSPS) is 12.4. The van der Waals surface area contributed by atoms with E-state index in [2.05, 4.69) is 9.97 Å². The summed E-state index contributed by atoms with van der Waals surface area (Å²) in [7, 11) is 0. The van der Waals surface area contributed by atoms with Gasteiger partial charge in [-0.2, -0.15) is 0 Å². The summed E-state index contributed by atoms with van der Waals surface area (Å²) in [6, 6.07) is 9.02. The van der Waals surface area contributed by atoms with Gasteiger partial charge in [0.15, 0.2) is 5.82 Å². The predicted octanol–water partition coefficient (Wildman–Crippen LogP) is 2.35. The van der Waals surface area contributed by atoms with E-state index in [1.54, 1.807) is 18.5 Å². The summed E-state index contributed by atoms with van der Waals surface area (Å²) in [4.78, 5) is 8.07. The SMILES string of the molecule is CC(C)Oc1ccc(C(O)c2ncccn2)cc1. The molecule has 1 aromatic carbocycles. The number of hydrogen-bond donors (Lipinski definition) is 1. The maximum Gasteiger partial charge on any atom is 0.161 e. The lowest BCUT2D eigenvalue weighted by molar-refractivity contribution is 0.209. The molecule has 2 aromatic rings. The van der Waals surface area contributed by atoms with Crippen LogP contribution in [0.15, 0.2) is 42.7 Å². The van der Waals surface area contributed by atoms with Crippen molar-refractivity contribution in [1.82, 2.24) is 9.97 Å². The monoisotopic (exact) mass is 244 g/mol. The Hall–Kier alpha value is -1.94. The summed E-state index contributed by atoms with van der Waals surface area (Å²) in [6.07, 6.45) is 2.56. The maximum absolute atomic E-state index is 10.1. The molecule has 0 amide bonds. The smallest absolute Gasteiger partial charge is 0.161 e. The van der Waals surface area contributed by atoms with Gasteiger partial charge in [-0.25, -0.2) is 9.97 Å². The van der Waals surface area contributed by atoms with Crippen LogP contribution >= 0.6 is 0 Å². The van der Waals surface area contributed by atoms with E-state index in [9.17, 15) is 5.11 Å². The lowest BCUT2D eigenvalue weighted by Crippen LogP contribution is -2.07. The third kappa shape index (κ3) is 3.05. The lowest BCUT2D eigenvalue weighted by Gasteiger charge is -2.12. The Morgan fingerprint density at radius 2 is 1.67 bits per heavy atom. The zero-order valence-electron chi connectivity index (χ0n) is 10.4. The minimum absolute atomic E-state index is 0.137. The lowest BCUT2D eigenvalue weighted by atomic mass is 10.1. The minimum atomic E-state index is -0.806. The van der Waals surface area contributed by atoms with Gasteiger partial charge in [-0.15, -0.1) is 0 Å².